The van der Waals surface area contributed by atoms with Crippen LogP contribution in [0.15, 0.2) is 42.5 Å². The Bertz CT molecular complexity index is 547. The van der Waals surface area contributed by atoms with Crippen LogP contribution in [0.2, 0.25) is 0 Å². The molecular formula is C14H15IN2O2. The van der Waals surface area contributed by atoms with Crippen molar-refractivity contribution in [1.29, 1.82) is 0 Å². The summed E-state index contributed by atoms with van der Waals surface area (Å²) in [5.41, 5.74) is 8.22. The van der Waals surface area contributed by atoms with Gasteiger partial charge in [0.15, 0.2) is 11.5 Å². The van der Waals surface area contributed by atoms with Gasteiger partial charge in [-0.1, -0.05) is 24.3 Å². The third kappa shape index (κ3) is 3.51. The molecule has 0 aliphatic carbocycles. The molecule has 4 nitrogen and oxygen atoms in total. The monoisotopic (exact) mass is 370 g/mol. The lowest BCUT2D eigenvalue weighted by Gasteiger charge is -2.12. The van der Waals surface area contributed by atoms with Gasteiger partial charge in [0, 0.05) is 12.2 Å². The van der Waals surface area contributed by atoms with Gasteiger partial charge in [0.25, 0.3) is 0 Å². The summed E-state index contributed by atoms with van der Waals surface area (Å²) >= 11 is 2.11. The number of phenols is 1. The zero-order valence-corrected chi connectivity index (χ0v) is 12.6. The number of para-hydroxylation sites is 1. The Morgan fingerprint density at radius 2 is 1.89 bits per heavy atom. The number of rotatable bonds is 5. The number of aromatic hydroxyl groups is 1. The minimum absolute atomic E-state index is 0.183. The topological polar surface area (TPSA) is 53.5 Å². The Kier molecular flexibility index (Phi) is 4.86. The van der Waals surface area contributed by atoms with Crippen molar-refractivity contribution in [3.63, 3.8) is 0 Å². The molecule has 2 rings (SSSR count). The number of hydrogen-bond acceptors (Lipinski definition) is 4. The highest BCUT2D eigenvalue weighted by molar-refractivity contribution is 14.1. The second-order valence-electron chi connectivity index (χ2n) is 3.93. The molecule has 19 heavy (non-hydrogen) atoms. The van der Waals surface area contributed by atoms with Crippen LogP contribution in [-0.4, -0.2) is 12.2 Å². The highest BCUT2D eigenvalue weighted by Gasteiger charge is 2.10. The summed E-state index contributed by atoms with van der Waals surface area (Å²) in [4.78, 5) is 0. The van der Waals surface area contributed by atoms with Crippen LogP contribution >= 0.6 is 22.6 Å². The maximum atomic E-state index is 9.91. The van der Waals surface area contributed by atoms with Gasteiger partial charge >= 0.3 is 0 Å². The molecule has 0 bridgehead atoms. The largest absolute Gasteiger partial charge is 0.504 e. The highest BCUT2D eigenvalue weighted by atomic mass is 127. The second kappa shape index (κ2) is 6.63. The lowest BCUT2D eigenvalue weighted by atomic mass is 10.2. The lowest BCUT2D eigenvalue weighted by Crippen LogP contribution is -2.21. The van der Waals surface area contributed by atoms with Crippen molar-refractivity contribution in [2.75, 3.05) is 12.5 Å². The molecule has 0 aromatic heterocycles. The van der Waals surface area contributed by atoms with E-state index in [9.17, 15) is 5.11 Å². The van der Waals surface area contributed by atoms with Crippen LogP contribution in [0.5, 0.6) is 11.5 Å². The van der Waals surface area contributed by atoms with Gasteiger partial charge in [-0.25, -0.2) is 5.43 Å². The van der Waals surface area contributed by atoms with E-state index in [4.69, 9.17) is 4.74 Å². The molecule has 0 aliphatic heterocycles. The van der Waals surface area contributed by atoms with Crippen molar-refractivity contribution in [3.8, 4) is 11.5 Å². The van der Waals surface area contributed by atoms with E-state index in [1.807, 2.05) is 36.4 Å². The zero-order chi connectivity index (χ0) is 13.7. The first-order chi connectivity index (χ1) is 9.22. The predicted octanol–water partition coefficient (Wildman–Crippen LogP) is 3.12. The van der Waals surface area contributed by atoms with Crippen molar-refractivity contribution in [1.82, 2.24) is 5.43 Å². The van der Waals surface area contributed by atoms with Crippen LogP contribution in [0.25, 0.3) is 0 Å². The summed E-state index contributed by atoms with van der Waals surface area (Å²) in [5.74, 6) is 0.672. The molecule has 0 fully saturated rings. The highest BCUT2D eigenvalue weighted by Crippen LogP contribution is 2.33. The molecule has 0 saturated carbocycles. The fourth-order valence-corrected chi connectivity index (χ4v) is 2.29. The minimum atomic E-state index is 0.183. The molecule has 100 valence electrons. The number of hydrazine groups is 1. The van der Waals surface area contributed by atoms with Crippen LogP contribution in [0.1, 0.15) is 5.56 Å². The van der Waals surface area contributed by atoms with E-state index in [2.05, 4.69) is 33.4 Å². The standard InChI is InChI=1S/C14H15IN2O2/c1-19-12-8-7-10(13(15)14(12)18)9-16-17-11-5-3-2-4-6-11/h2-8,16-18H,9H2,1H3. The smallest absolute Gasteiger partial charge is 0.171 e. The summed E-state index contributed by atoms with van der Waals surface area (Å²) in [6.45, 7) is 0.602. The molecule has 0 aliphatic rings. The number of halogens is 1. The molecule has 0 unspecified atom stereocenters. The molecular weight excluding hydrogens is 355 g/mol. The number of nitrogens with one attached hydrogen (secondary N) is 2. The number of benzene rings is 2. The second-order valence-corrected chi connectivity index (χ2v) is 5.01. The molecule has 0 amide bonds. The lowest BCUT2D eigenvalue weighted by molar-refractivity contribution is 0.371. The summed E-state index contributed by atoms with van der Waals surface area (Å²) in [6, 6.07) is 13.5. The first-order valence-electron chi connectivity index (χ1n) is 5.80. The van der Waals surface area contributed by atoms with Gasteiger partial charge in [-0.15, -0.1) is 0 Å². The predicted molar refractivity (Wildman–Crippen MR) is 84.3 cm³/mol. The fourth-order valence-electron chi connectivity index (χ4n) is 1.65. The van der Waals surface area contributed by atoms with Crippen LogP contribution in [0.3, 0.4) is 0 Å². The van der Waals surface area contributed by atoms with Crippen molar-refractivity contribution in [2.45, 2.75) is 6.54 Å². The zero-order valence-electron chi connectivity index (χ0n) is 10.5. The summed E-state index contributed by atoms with van der Waals surface area (Å²) < 4.78 is 5.85. The number of methoxy groups -OCH3 is 1. The molecule has 2 aromatic rings. The van der Waals surface area contributed by atoms with Gasteiger partial charge in [0.2, 0.25) is 0 Å². The fraction of sp³-hybridized carbons (Fsp3) is 0.143. The SMILES string of the molecule is COc1ccc(CNNc2ccccc2)c(I)c1O. The van der Waals surface area contributed by atoms with Gasteiger partial charge in [0.1, 0.15) is 0 Å². The molecule has 5 heteroatoms. The van der Waals surface area contributed by atoms with E-state index in [1.165, 1.54) is 0 Å². The molecule has 3 N–H and O–H groups in total. The first-order valence-corrected chi connectivity index (χ1v) is 6.88. The van der Waals surface area contributed by atoms with Gasteiger partial charge in [0.05, 0.1) is 10.7 Å². The van der Waals surface area contributed by atoms with Crippen LogP contribution in [0.4, 0.5) is 5.69 Å². The van der Waals surface area contributed by atoms with E-state index in [0.717, 1.165) is 14.8 Å². The number of ether oxygens (including phenoxy) is 1. The molecule has 2 aromatic carbocycles. The molecule has 0 saturated heterocycles. The third-order valence-electron chi connectivity index (χ3n) is 2.66. The Morgan fingerprint density at radius 1 is 1.16 bits per heavy atom. The quantitative estimate of drug-likeness (QED) is 0.559. The average Bonchev–Trinajstić information content (AvgIpc) is 2.45. The van der Waals surface area contributed by atoms with E-state index >= 15 is 0 Å². The number of hydrogen-bond donors (Lipinski definition) is 3. The van der Waals surface area contributed by atoms with Crippen molar-refractivity contribution in [2.24, 2.45) is 0 Å². The maximum absolute atomic E-state index is 9.91. The molecule has 0 heterocycles. The summed E-state index contributed by atoms with van der Waals surface area (Å²) in [6.07, 6.45) is 0. The van der Waals surface area contributed by atoms with Crippen LogP contribution in [0, 0.1) is 3.57 Å². The Morgan fingerprint density at radius 3 is 2.58 bits per heavy atom. The Hall–Kier alpha value is -1.47. The summed E-state index contributed by atoms with van der Waals surface area (Å²) in [7, 11) is 1.54. The number of phenolic OH excluding ortho intramolecular Hbond substituents is 1. The Labute approximate surface area is 125 Å². The van der Waals surface area contributed by atoms with Crippen molar-refractivity contribution >= 4 is 28.3 Å². The summed E-state index contributed by atoms with van der Waals surface area (Å²) in [5, 5.41) is 9.91. The normalized spacial score (nSPS) is 10.2. The van der Waals surface area contributed by atoms with Crippen LogP contribution in [-0.2, 0) is 6.54 Å². The van der Waals surface area contributed by atoms with E-state index < -0.39 is 0 Å². The van der Waals surface area contributed by atoms with E-state index in [0.29, 0.717) is 12.3 Å². The van der Waals surface area contributed by atoms with E-state index in [1.54, 1.807) is 13.2 Å². The number of anilines is 1. The molecule has 0 spiro atoms. The van der Waals surface area contributed by atoms with Gasteiger partial charge < -0.3 is 15.3 Å². The first kappa shape index (κ1) is 14.0. The Balaban J connectivity index is 1.99. The van der Waals surface area contributed by atoms with Gasteiger partial charge in [-0.2, -0.15) is 0 Å². The maximum Gasteiger partial charge on any atom is 0.171 e. The minimum Gasteiger partial charge on any atom is -0.504 e. The third-order valence-corrected chi connectivity index (χ3v) is 3.87. The van der Waals surface area contributed by atoms with Gasteiger partial charge in [-0.3, -0.25) is 0 Å². The molecule has 0 atom stereocenters. The van der Waals surface area contributed by atoms with Crippen LogP contribution < -0.4 is 15.6 Å². The van der Waals surface area contributed by atoms with Crippen molar-refractivity contribution < 1.29 is 9.84 Å². The van der Waals surface area contributed by atoms with Gasteiger partial charge in [-0.05, 0) is 46.4 Å². The molecule has 0 radical (unpaired) electrons. The van der Waals surface area contributed by atoms with E-state index in [-0.39, 0.29) is 5.75 Å². The average molecular weight is 370 g/mol. The van der Waals surface area contributed by atoms with Crippen molar-refractivity contribution in [3.05, 3.63) is 51.6 Å².